The van der Waals surface area contributed by atoms with Crippen LogP contribution in [0.1, 0.15) is 19.4 Å². The van der Waals surface area contributed by atoms with E-state index in [-0.39, 0.29) is 0 Å². The van der Waals surface area contributed by atoms with Gasteiger partial charge in [0.1, 0.15) is 0 Å². The molecule has 0 saturated carbocycles. The number of hydrogen-bond donors (Lipinski definition) is 1. The SMILES string of the molecule is CC(C)CNCc1cnoc1-c1ccc(F)c(F)c1. The molecule has 0 aliphatic carbocycles. The van der Waals surface area contributed by atoms with E-state index in [1.54, 1.807) is 6.20 Å². The topological polar surface area (TPSA) is 38.1 Å². The van der Waals surface area contributed by atoms with Crippen LogP contribution in [0.15, 0.2) is 28.9 Å². The molecule has 0 aliphatic rings. The van der Waals surface area contributed by atoms with Crippen molar-refractivity contribution in [3.8, 4) is 11.3 Å². The van der Waals surface area contributed by atoms with Crippen molar-refractivity contribution in [3.05, 3.63) is 41.6 Å². The Balaban J connectivity index is 2.16. The Hall–Kier alpha value is -1.75. The quantitative estimate of drug-likeness (QED) is 0.901. The molecule has 0 unspecified atom stereocenters. The highest BCUT2D eigenvalue weighted by Crippen LogP contribution is 2.25. The fourth-order valence-corrected chi connectivity index (χ4v) is 1.76. The molecule has 0 bridgehead atoms. The Bertz CT molecular complexity index is 552. The molecule has 1 N–H and O–H groups in total. The summed E-state index contributed by atoms with van der Waals surface area (Å²) in [6, 6.07) is 3.67. The number of nitrogens with zero attached hydrogens (tertiary/aromatic N) is 1. The maximum Gasteiger partial charge on any atom is 0.171 e. The molecule has 1 aromatic heterocycles. The zero-order valence-electron chi connectivity index (χ0n) is 10.9. The second kappa shape index (κ2) is 5.93. The molecule has 2 aromatic rings. The minimum Gasteiger partial charge on any atom is -0.356 e. The Labute approximate surface area is 110 Å². The van der Waals surface area contributed by atoms with Gasteiger partial charge >= 0.3 is 0 Å². The number of halogens is 2. The summed E-state index contributed by atoms with van der Waals surface area (Å²) in [4.78, 5) is 0. The summed E-state index contributed by atoms with van der Waals surface area (Å²) in [5, 5.41) is 6.97. The minimum atomic E-state index is -0.894. The van der Waals surface area contributed by atoms with Crippen LogP contribution in [-0.2, 0) is 6.54 Å². The molecule has 0 radical (unpaired) electrons. The van der Waals surface area contributed by atoms with Gasteiger partial charge in [-0.05, 0) is 30.7 Å². The lowest BCUT2D eigenvalue weighted by molar-refractivity contribution is 0.430. The van der Waals surface area contributed by atoms with Crippen molar-refractivity contribution in [2.75, 3.05) is 6.54 Å². The number of aromatic nitrogens is 1. The van der Waals surface area contributed by atoms with E-state index >= 15 is 0 Å². The van der Waals surface area contributed by atoms with Crippen LogP contribution >= 0.6 is 0 Å². The summed E-state index contributed by atoms with van der Waals surface area (Å²) in [5.41, 5.74) is 1.31. The molecule has 5 heteroatoms. The molecule has 3 nitrogen and oxygen atoms in total. The first-order valence-corrected chi connectivity index (χ1v) is 6.17. The Morgan fingerprint density at radius 1 is 1.26 bits per heavy atom. The van der Waals surface area contributed by atoms with Crippen molar-refractivity contribution in [2.24, 2.45) is 5.92 Å². The van der Waals surface area contributed by atoms with Crippen LogP contribution in [0.25, 0.3) is 11.3 Å². The molecular weight excluding hydrogens is 250 g/mol. The van der Waals surface area contributed by atoms with Gasteiger partial charge in [0.15, 0.2) is 17.4 Å². The summed E-state index contributed by atoms with van der Waals surface area (Å²) >= 11 is 0. The van der Waals surface area contributed by atoms with Gasteiger partial charge in [0, 0.05) is 17.7 Å². The standard InChI is InChI=1S/C14H16F2N2O/c1-9(2)6-17-7-11-8-18-19-14(11)10-3-4-12(15)13(16)5-10/h3-5,8-9,17H,6-7H2,1-2H3. The van der Waals surface area contributed by atoms with E-state index in [0.29, 0.717) is 23.8 Å². The molecular formula is C14H16F2N2O. The van der Waals surface area contributed by atoms with Crippen molar-refractivity contribution < 1.29 is 13.3 Å². The lowest BCUT2D eigenvalue weighted by Gasteiger charge is -2.07. The first kappa shape index (κ1) is 13.7. The van der Waals surface area contributed by atoms with Crippen LogP contribution in [0.2, 0.25) is 0 Å². The largest absolute Gasteiger partial charge is 0.356 e. The van der Waals surface area contributed by atoms with Gasteiger partial charge in [-0.15, -0.1) is 0 Å². The van der Waals surface area contributed by atoms with Crippen molar-refractivity contribution in [3.63, 3.8) is 0 Å². The smallest absolute Gasteiger partial charge is 0.171 e. The molecule has 0 atom stereocenters. The van der Waals surface area contributed by atoms with Crippen molar-refractivity contribution >= 4 is 0 Å². The maximum atomic E-state index is 13.2. The van der Waals surface area contributed by atoms with Gasteiger partial charge in [0.2, 0.25) is 0 Å². The molecule has 2 rings (SSSR count). The van der Waals surface area contributed by atoms with Crippen molar-refractivity contribution in [1.29, 1.82) is 0 Å². The summed E-state index contributed by atoms with van der Waals surface area (Å²) in [6.45, 7) is 5.66. The van der Waals surface area contributed by atoms with Crippen LogP contribution in [0.3, 0.4) is 0 Å². The second-order valence-corrected chi connectivity index (χ2v) is 4.83. The first-order chi connectivity index (χ1) is 9.08. The number of rotatable bonds is 5. The summed E-state index contributed by atoms with van der Waals surface area (Å²) in [7, 11) is 0. The predicted octanol–water partition coefficient (Wildman–Crippen LogP) is 3.37. The third-order valence-electron chi connectivity index (χ3n) is 2.69. The maximum absolute atomic E-state index is 13.2. The van der Waals surface area contributed by atoms with Gasteiger partial charge in [0.25, 0.3) is 0 Å². The molecule has 0 aliphatic heterocycles. The second-order valence-electron chi connectivity index (χ2n) is 4.83. The molecule has 0 saturated heterocycles. The Kier molecular flexibility index (Phi) is 4.27. The van der Waals surface area contributed by atoms with Gasteiger partial charge in [-0.2, -0.15) is 0 Å². The minimum absolute atomic E-state index is 0.468. The van der Waals surface area contributed by atoms with Crippen LogP contribution in [0.5, 0.6) is 0 Å². The molecule has 1 heterocycles. The number of nitrogens with one attached hydrogen (secondary N) is 1. The van der Waals surface area contributed by atoms with E-state index in [4.69, 9.17) is 4.52 Å². The van der Waals surface area contributed by atoms with Crippen LogP contribution in [0.4, 0.5) is 8.78 Å². The lowest BCUT2D eigenvalue weighted by Crippen LogP contribution is -2.18. The fraction of sp³-hybridized carbons (Fsp3) is 0.357. The summed E-state index contributed by atoms with van der Waals surface area (Å²) < 4.78 is 31.2. The van der Waals surface area contributed by atoms with Crippen LogP contribution in [0, 0.1) is 17.6 Å². The Morgan fingerprint density at radius 2 is 2.05 bits per heavy atom. The highest BCUT2D eigenvalue weighted by Gasteiger charge is 2.13. The van der Waals surface area contributed by atoms with Crippen molar-refractivity contribution in [2.45, 2.75) is 20.4 Å². The fourth-order valence-electron chi connectivity index (χ4n) is 1.76. The average molecular weight is 266 g/mol. The first-order valence-electron chi connectivity index (χ1n) is 6.17. The third-order valence-corrected chi connectivity index (χ3v) is 2.69. The summed E-state index contributed by atoms with van der Waals surface area (Å²) in [6.07, 6.45) is 1.59. The van der Waals surface area contributed by atoms with Gasteiger partial charge in [-0.3, -0.25) is 0 Å². The van der Waals surface area contributed by atoms with E-state index in [9.17, 15) is 8.78 Å². The molecule has 1 aromatic carbocycles. The predicted molar refractivity (Wildman–Crippen MR) is 68.4 cm³/mol. The van der Waals surface area contributed by atoms with Crippen molar-refractivity contribution in [1.82, 2.24) is 10.5 Å². The molecule has 0 spiro atoms. The zero-order chi connectivity index (χ0) is 13.8. The van der Waals surface area contributed by atoms with Gasteiger partial charge in [-0.1, -0.05) is 19.0 Å². The molecule has 0 amide bonds. The van der Waals surface area contributed by atoms with E-state index < -0.39 is 11.6 Å². The van der Waals surface area contributed by atoms with E-state index in [1.165, 1.54) is 6.07 Å². The zero-order valence-corrected chi connectivity index (χ0v) is 10.9. The highest BCUT2D eigenvalue weighted by molar-refractivity contribution is 5.60. The number of hydrogen-bond acceptors (Lipinski definition) is 3. The third kappa shape index (κ3) is 3.38. The monoisotopic (exact) mass is 266 g/mol. The normalized spacial score (nSPS) is 11.2. The Morgan fingerprint density at radius 3 is 2.74 bits per heavy atom. The van der Waals surface area contributed by atoms with Gasteiger partial charge < -0.3 is 9.84 Å². The lowest BCUT2D eigenvalue weighted by atomic mass is 10.1. The van der Waals surface area contributed by atoms with Crippen LogP contribution < -0.4 is 5.32 Å². The van der Waals surface area contributed by atoms with Gasteiger partial charge in [-0.25, -0.2) is 8.78 Å². The van der Waals surface area contributed by atoms with Gasteiger partial charge in [0.05, 0.1) is 6.20 Å². The molecule has 102 valence electrons. The molecule has 19 heavy (non-hydrogen) atoms. The van der Waals surface area contributed by atoms with E-state index in [2.05, 4.69) is 24.3 Å². The van der Waals surface area contributed by atoms with Crippen LogP contribution in [-0.4, -0.2) is 11.7 Å². The van der Waals surface area contributed by atoms with E-state index in [0.717, 1.165) is 24.2 Å². The average Bonchev–Trinajstić information content (AvgIpc) is 2.80. The summed E-state index contributed by atoms with van der Waals surface area (Å²) in [5.74, 6) is -0.764. The number of benzene rings is 1. The van der Waals surface area contributed by atoms with E-state index in [1.807, 2.05) is 0 Å². The molecule has 0 fully saturated rings. The highest BCUT2D eigenvalue weighted by atomic mass is 19.2.